The normalized spacial score (nSPS) is 10.7. The molecule has 2 rings (SSSR count). The van der Waals surface area contributed by atoms with Crippen LogP contribution in [0.25, 0.3) is 0 Å². The minimum Gasteiger partial charge on any atom is -0.467 e. The highest BCUT2D eigenvalue weighted by Gasteiger charge is 2.23. The number of nitrogen functional groups attached to an aromatic ring is 1. The van der Waals surface area contributed by atoms with Crippen molar-refractivity contribution in [1.82, 2.24) is 14.9 Å². The fourth-order valence-electron chi connectivity index (χ4n) is 2.51. The zero-order chi connectivity index (χ0) is 19.1. The third-order valence-electron chi connectivity index (χ3n) is 3.88. The van der Waals surface area contributed by atoms with Gasteiger partial charge in [-0.25, -0.2) is 4.79 Å². The third kappa shape index (κ3) is 4.54. The topological polar surface area (TPSA) is 109 Å². The number of nitrogens with zero attached hydrogens (tertiary/aromatic N) is 2. The van der Waals surface area contributed by atoms with E-state index < -0.39 is 11.2 Å². The number of hydrogen-bond acceptors (Lipinski definition) is 5. The predicted octanol–water partition coefficient (Wildman–Crippen LogP) is 1.80. The first-order chi connectivity index (χ1) is 12.5. The molecule has 8 nitrogen and oxygen atoms in total. The first-order valence-electron chi connectivity index (χ1n) is 8.69. The molecule has 0 amide bonds. The highest BCUT2D eigenvalue weighted by molar-refractivity contribution is 7.80. The Morgan fingerprint density at radius 2 is 2.15 bits per heavy atom. The van der Waals surface area contributed by atoms with Crippen LogP contribution in [-0.2, 0) is 13.1 Å². The van der Waals surface area contributed by atoms with Crippen molar-refractivity contribution in [3.05, 3.63) is 45.0 Å². The molecular weight excluding hydrogens is 354 g/mol. The molecule has 0 aliphatic carbocycles. The summed E-state index contributed by atoms with van der Waals surface area (Å²) in [6, 6.07) is 3.54. The first kappa shape index (κ1) is 19.8. The van der Waals surface area contributed by atoms with Crippen LogP contribution in [0, 0.1) is 0 Å². The van der Waals surface area contributed by atoms with Gasteiger partial charge in [0.15, 0.2) is 10.8 Å². The summed E-state index contributed by atoms with van der Waals surface area (Å²) in [5.74, 6) is 0.718. The average Bonchev–Trinajstić information content (AvgIpc) is 3.11. The molecule has 0 fully saturated rings. The number of rotatable bonds is 8. The largest absolute Gasteiger partial charge is 0.467 e. The summed E-state index contributed by atoms with van der Waals surface area (Å²) in [4.78, 5) is 28.6. The molecule has 0 saturated heterocycles. The Bertz CT molecular complexity index is 841. The molecule has 4 N–H and O–H groups in total. The Labute approximate surface area is 157 Å². The number of nitrogens with two attached hydrogens (primary N) is 1. The fraction of sp³-hybridized carbons (Fsp3) is 0.471. The summed E-state index contributed by atoms with van der Waals surface area (Å²) >= 11 is 5.46. The van der Waals surface area contributed by atoms with Crippen LogP contribution in [0.15, 0.2) is 32.4 Å². The minimum absolute atomic E-state index is 0.0967. The van der Waals surface area contributed by atoms with Crippen molar-refractivity contribution in [2.45, 2.75) is 46.2 Å². The van der Waals surface area contributed by atoms with E-state index in [1.54, 1.807) is 23.3 Å². The van der Waals surface area contributed by atoms with Gasteiger partial charge in [-0.15, -0.1) is 0 Å². The molecule has 142 valence electrons. The summed E-state index contributed by atoms with van der Waals surface area (Å²) in [6.45, 7) is 5.33. The molecule has 9 heteroatoms. The molecule has 0 unspecified atom stereocenters. The van der Waals surface area contributed by atoms with Crippen LogP contribution in [0.4, 0.5) is 11.5 Å². The van der Waals surface area contributed by atoms with Crippen molar-refractivity contribution in [3.63, 3.8) is 0 Å². The van der Waals surface area contributed by atoms with Crippen molar-refractivity contribution in [3.8, 4) is 0 Å². The van der Waals surface area contributed by atoms with E-state index in [0.717, 1.165) is 19.3 Å². The van der Waals surface area contributed by atoms with Crippen molar-refractivity contribution in [2.24, 2.45) is 0 Å². The maximum absolute atomic E-state index is 12.5. The Morgan fingerprint density at radius 3 is 2.77 bits per heavy atom. The lowest BCUT2D eigenvalue weighted by Crippen LogP contribution is -2.45. The van der Waals surface area contributed by atoms with E-state index in [9.17, 15) is 9.59 Å². The van der Waals surface area contributed by atoms with E-state index in [1.807, 2.05) is 13.8 Å². The van der Waals surface area contributed by atoms with Gasteiger partial charge >= 0.3 is 5.69 Å². The van der Waals surface area contributed by atoms with Crippen molar-refractivity contribution >= 4 is 28.8 Å². The molecule has 0 atom stereocenters. The van der Waals surface area contributed by atoms with E-state index in [-0.39, 0.29) is 18.1 Å². The molecule has 0 aromatic carbocycles. The summed E-state index contributed by atoms with van der Waals surface area (Å²) in [7, 11) is 0. The van der Waals surface area contributed by atoms with Gasteiger partial charge < -0.3 is 20.4 Å². The Kier molecular flexibility index (Phi) is 7.02. The standard InChI is InChI=1S/C17H25N5O3S/c1-3-5-9-21-14(18)13(15(23)20-16(21)24)22(17(26)19-8-4-2)11-12-7-6-10-25-12/h6-7,10H,3-5,8-9,11,18H2,1-2H3,(H,19,26)(H,20,23,24). The Hall–Kier alpha value is -2.55. The lowest BCUT2D eigenvalue weighted by Gasteiger charge is -2.26. The number of aromatic nitrogens is 2. The van der Waals surface area contributed by atoms with Crippen LogP contribution in [0.1, 0.15) is 38.9 Å². The second-order valence-corrected chi connectivity index (χ2v) is 6.28. The Balaban J connectivity index is 2.50. The van der Waals surface area contributed by atoms with Gasteiger partial charge in [-0.05, 0) is 37.2 Å². The highest BCUT2D eigenvalue weighted by Crippen LogP contribution is 2.20. The van der Waals surface area contributed by atoms with E-state index in [0.29, 0.717) is 24.0 Å². The number of anilines is 2. The quantitative estimate of drug-likeness (QED) is 0.600. The molecule has 0 radical (unpaired) electrons. The molecule has 0 spiro atoms. The van der Waals surface area contributed by atoms with Gasteiger partial charge in [-0.1, -0.05) is 20.3 Å². The van der Waals surface area contributed by atoms with Gasteiger partial charge in [0.1, 0.15) is 11.6 Å². The van der Waals surface area contributed by atoms with Gasteiger partial charge in [-0.3, -0.25) is 14.3 Å². The second-order valence-electron chi connectivity index (χ2n) is 5.90. The number of hydrogen-bond donors (Lipinski definition) is 3. The van der Waals surface area contributed by atoms with Crippen LogP contribution >= 0.6 is 12.2 Å². The molecule has 0 saturated carbocycles. The SMILES string of the molecule is CCCCn1c(N)c(N(Cc2ccco2)C(=S)NCCC)c(=O)[nH]c1=O. The van der Waals surface area contributed by atoms with E-state index in [1.165, 1.54) is 4.57 Å². The average molecular weight is 379 g/mol. The summed E-state index contributed by atoms with van der Waals surface area (Å²) in [5.41, 5.74) is 5.25. The highest BCUT2D eigenvalue weighted by atomic mass is 32.1. The van der Waals surface area contributed by atoms with Crippen LogP contribution in [-0.4, -0.2) is 21.2 Å². The summed E-state index contributed by atoms with van der Waals surface area (Å²) in [5, 5.41) is 3.44. The van der Waals surface area contributed by atoms with E-state index >= 15 is 0 Å². The molecule has 0 aliphatic heterocycles. The zero-order valence-corrected chi connectivity index (χ0v) is 15.9. The maximum atomic E-state index is 12.5. The van der Waals surface area contributed by atoms with E-state index in [4.69, 9.17) is 22.4 Å². The van der Waals surface area contributed by atoms with E-state index in [2.05, 4.69) is 10.3 Å². The van der Waals surface area contributed by atoms with Crippen molar-refractivity contribution in [2.75, 3.05) is 17.2 Å². The monoisotopic (exact) mass is 379 g/mol. The molecule has 0 aliphatic rings. The number of unbranched alkanes of at least 4 members (excludes halogenated alkanes) is 1. The van der Waals surface area contributed by atoms with Crippen LogP contribution in [0.2, 0.25) is 0 Å². The molecule has 0 bridgehead atoms. The second kappa shape index (κ2) is 9.23. The van der Waals surface area contributed by atoms with Crippen molar-refractivity contribution in [1.29, 1.82) is 0 Å². The van der Waals surface area contributed by atoms with Gasteiger partial charge in [0.05, 0.1) is 12.8 Å². The molecule has 2 aromatic rings. The van der Waals surface area contributed by atoms with Gasteiger partial charge in [0, 0.05) is 13.1 Å². The van der Waals surface area contributed by atoms with Crippen LogP contribution in [0.3, 0.4) is 0 Å². The zero-order valence-electron chi connectivity index (χ0n) is 15.1. The number of nitrogens with one attached hydrogen (secondary N) is 2. The smallest absolute Gasteiger partial charge is 0.330 e. The van der Waals surface area contributed by atoms with Gasteiger partial charge in [0.2, 0.25) is 0 Å². The lowest BCUT2D eigenvalue weighted by atomic mass is 10.3. The number of furan rings is 1. The lowest BCUT2D eigenvalue weighted by molar-refractivity contribution is 0.510. The Morgan fingerprint density at radius 1 is 1.38 bits per heavy atom. The third-order valence-corrected chi connectivity index (χ3v) is 4.25. The molecule has 26 heavy (non-hydrogen) atoms. The van der Waals surface area contributed by atoms with Gasteiger partial charge in [0.25, 0.3) is 5.56 Å². The molecule has 2 heterocycles. The summed E-state index contributed by atoms with van der Waals surface area (Å²) in [6.07, 6.45) is 4.08. The summed E-state index contributed by atoms with van der Waals surface area (Å²) < 4.78 is 6.76. The fourth-order valence-corrected chi connectivity index (χ4v) is 2.77. The number of thiocarbonyl (C=S) groups is 1. The first-order valence-corrected chi connectivity index (χ1v) is 9.10. The van der Waals surface area contributed by atoms with Crippen molar-refractivity contribution < 1.29 is 4.42 Å². The molecular formula is C17H25N5O3S. The van der Waals surface area contributed by atoms with Crippen LogP contribution in [0.5, 0.6) is 0 Å². The predicted molar refractivity (Wildman–Crippen MR) is 106 cm³/mol. The number of aromatic amines is 1. The maximum Gasteiger partial charge on any atom is 0.330 e. The number of H-pyrrole nitrogens is 1. The molecule has 2 aromatic heterocycles. The van der Waals surface area contributed by atoms with Gasteiger partial charge in [-0.2, -0.15) is 0 Å². The minimum atomic E-state index is -0.576. The van der Waals surface area contributed by atoms with Crippen LogP contribution < -0.4 is 27.2 Å².